The van der Waals surface area contributed by atoms with Crippen molar-refractivity contribution < 1.29 is 37.9 Å². The summed E-state index contributed by atoms with van der Waals surface area (Å²) in [4.78, 5) is 0. The van der Waals surface area contributed by atoms with Gasteiger partial charge in [-0.15, -0.1) is 0 Å². The van der Waals surface area contributed by atoms with Gasteiger partial charge in [0.1, 0.15) is 50.5 Å². The van der Waals surface area contributed by atoms with Crippen molar-refractivity contribution in [3.8, 4) is 46.0 Å². The number of unbranched alkanes of at least 4 members (excludes halogenated alkanes) is 32. The molecule has 4 aromatic carbocycles. The number of benzene rings is 4. The minimum absolute atomic E-state index is 0.0114. The van der Waals surface area contributed by atoms with Gasteiger partial charge in [-0.25, -0.2) is 0 Å². The van der Waals surface area contributed by atoms with E-state index < -0.39 is 0 Å². The summed E-state index contributed by atoms with van der Waals surface area (Å²) < 4.78 is 55.6. The molecular formula is C76H111BrO8. The van der Waals surface area contributed by atoms with Crippen molar-refractivity contribution in [2.75, 3.05) is 27.2 Å². The largest absolute Gasteiger partial charge is 0.457 e. The predicted molar refractivity (Wildman–Crippen MR) is 353 cm³/mol. The lowest BCUT2D eigenvalue weighted by Gasteiger charge is -2.35. The van der Waals surface area contributed by atoms with Crippen LogP contribution in [0.15, 0.2) is 46.9 Å². The molecule has 4 aliphatic heterocycles. The van der Waals surface area contributed by atoms with Crippen molar-refractivity contribution >= 4 is 15.9 Å². The lowest BCUT2D eigenvalue weighted by Crippen LogP contribution is -2.22. The number of hydrogen-bond donors (Lipinski definition) is 0. The predicted octanol–water partition coefficient (Wildman–Crippen LogP) is 23.9. The van der Waals surface area contributed by atoms with Gasteiger partial charge in [0.2, 0.25) is 27.2 Å². The third-order valence-corrected chi connectivity index (χ3v) is 20.5. The Morgan fingerprint density at radius 2 is 0.435 bits per heavy atom. The van der Waals surface area contributed by atoms with Gasteiger partial charge >= 0.3 is 0 Å². The van der Waals surface area contributed by atoms with Crippen LogP contribution in [0.4, 0.5) is 0 Å². The molecule has 0 saturated carbocycles. The highest BCUT2D eigenvalue weighted by Gasteiger charge is 2.38. The monoisotopic (exact) mass is 1230 g/mol. The van der Waals surface area contributed by atoms with E-state index in [1.165, 1.54) is 250 Å². The zero-order valence-corrected chi connectivity index (χ0v) is 55.2. The maximum Gasteiger partial charge on any atom is 0.230 e. The zero-order valence-electron chi connectivity index (χ0n) is 53.6. The Bertz CT molecular complexity index is 2460. The first-order valence-corrected chi connectivity index (χ1v) is 36.2. The molecule has 1 aliphatic carbocycles. The fourth-order valence-electron chi connectivity index (χ4n) is 14.8. The van der Waals surface area contributed by atoms with E-state index in [1.54, 1.807) is 0 Å². The van der Waals surface area contributed by atoms with Crippen LogP contribution >= 0.6 is 15.9 Å². The zero-order chi connectivity index (χ0) is 58.8. The molecule has 85 heavy (non-hydrogen) atoms. The summed E-state index contributed by atoms with van der Waals surface area (Å²) in [6.45, 7) is 9.51. The molecule has 9 heteroatoms. The van der Waals surface area contributed by atoms with Crippen LogP contribution in [0.1, 0.15) is 353 Å². The van der Waals surface area contributed by atoms with Gasteiger partial charge in [0.15, 0.2) is 0 Å². The van der Waals surface area contributed by atoms with Gasteiger partial charge in [-0.1, -0.05) is 259 Å². The lowest BCUT2D eigenvalue weighted by molar-refractivity contribution is 0.0977. The molecule has 8 bridgehead atoms. The van der Waals surface area contributed by atoms with Crippen LogP contribution < -0.4 is 37.9 Å². The van der Waals surface area contributed by atoms with E-state index in [9.17, 15) is 0 Å². The molecular weight excluding hydrogens is 1120 g/mol. The molecule has 0 aromatic heterocycles. The Hall–Kier alpha value is -4.24. The van der Waals surface area contributed by atoms with Gasteiger partial charge in [0.25, 0.3) is 0 Å². The number of ether oxygens (including phenoxy) is 8. The topological polar surface area (TPSA) is 73.8 Å². The number of rotatable bonds is 40. The summed E-state index contributed by atoms with van der Waals surface area (Å²) in [7, 11) is 0. The van der Waals surface area contributed by atoms with Crippen molar-refractivity contribution in [1.29, 1.82) is 0 Å². The Morgan fingerprint density at radius 3 is 0.671 bits per heavy atom. The maximum atomic E-state index is 6.90. The van der Waals surface area contributed by atoms with Crippen molar-refractivity contribution in [2.24, 2.45) is 0 Å². The molecule has 0 fully saturated rings. The Morgan fingerprint density at radius 1 is 0.247 bits per heavy atom. The Kier molecular flexibility index (Phi) is 27.4. The lowest BCUT2D eigenvalue weighted by atomic mass is 9.76. The molecule has 0 N–H and O–H groups in total. The first kappa shape index (κ1) is 65.2. The van der Waals surface area contributed by atoms with E-state index in [2.05, 4.69) is 86.1 Å². The first-order valence-electron chi connectivity index (χ1n) is 35.4. The fraction of sp³-hybridized carbons (Fsp3) is 0.684. The second kappa shape index (κ2) is 35.7. The smallest absolute Gasteiger partial charge is 0.230 e. The molecule has 0 unspecified atom stereocenters. The molecule has 4 heterocycles. The molecule has 0 radical (unpaired) electrons. The summed E-state index contributed by atoms with van der Waals surface area (Å²) >= 11 is 4.24. The Labute approximate surface area is 523 Å². The van der Waals surface area contributed by atoms with Crippen molar-refractivity contribution in [3.63, 3.8) is 0 Å². The van der Waals surface area contributed by atoms with Crippen LogP contribution in [0.2, 0.25) is 0 Å². The fourth-order valence-corrected chi connectivity index (χ4v) is 15.5. The molecule has 8 nitrogen and oxygen atoms in total. The SMILES string of the molecule is CCCCCCCCCCC[C@@H]1c2cc3c4cc2OCOc2cc5c(cc21)[C@@H](CCCCCCCCCCC)c1cc2c(c(Br)c1OCO5)OCOc1cc(c(cc1[C@@H]2CCCCCCCCCCC)[C@H]3CCCCCCCCCCC)OCO4. The van der Waals surface area contributed by atoms with Crippen molar-refractivity contribution in [2.45, 2.75) is 308 Å². The van der Waals surface area contributed by atoms with E-state index in [-0.39, 0.29) is 50.8 Å². The average molecular weight is 1230 g/mol. The number of halogens is 1. The molecule has 0 amide bonds. The van der Waals surface area contributed by atoms with Crippen LogP contribution in [0.5, 0.6) is 46.0 Å². The standard InChI is InChI=1S/C76H111BrO8/c1-5-9-13-17-21-25-29-33-37-41-56-60-45-61-57(42-38-34-30-26-22-18-14-10-6-2)63-47-65-59(44-40-36-32-28-24-20-16-12-8-4)67-48-66-58(43-39-35-31-27-23-19-15-11-7-3)64-46-62(56)70-50-72(64)82-54-84-75(66)74(77)76(67)85-55-83-73(65)51-71(63)81-53-79-69(61)49-68(60)78-52-80-70/h45-51,56-59H,5-44,52-55H2,1-4H3/t56-,57+,58-,59+. The second-order valence-corrected chi connectivity index (χ2v) is 26.9. The molecule has 4 aromatic rings. The number of hydrogen-bond acceptors (Lipinski definition) is 8. The van der Waals surface area contributed by atoms with Gasteiger partial charge in [-0.3, -0.25) is 0 Å². The van der Waals surface area contributed by atoms with Crippen molar-refractivity contribution in [3.05, 3.63) is 91.4 Å². The summed E-state index contributed by atoms with van der Waals surface area (Å²) in [6, 6.07) is 16.7. The van der Waals surface area contributed by atoms with E-state index in [1.807, 2.05) is 0 Å². The van der Waals surface area contributed by atoms with E-state index in [0.29, 0.717) is 0 Å². The summed E-state index contributed by atoms with van der Waals surface area (Å²) in [6.07, 6.45) is 49.9. The quantitative estimate of drug-likeness (QED) is 0.0408. The van der Waals surface area contributed by atoms with Gasteiger partial charge in [0, 0.05) is 86.4 Å². The molecule has 470 valence electrons. The second-order valence-electron chi connectivity index (χ2n) is 26.1. The van der Waals surface area contributed by atoms with Crippen LogP contribution in [-0.4, -0.2) is 27.2 Å². The molecule has 5 aliphatic rings. The molecule has 0 saturated heterocycles. The van der Waals surface area contributed by atoms with E-state index in [4.69, 9.17) is 37.9 Å². The highest BCUT2D eigenvalue weighted by Crippen LogP contribution is 2.57. The van der Waals surface area contributed by atoms with Crippen LogP contribution in [0.3, 0.4) is 0 Å². The highest BCUT2D eigenvalue weighted by atomic mass is 79.9. The average Bonchev–Trinajstić information content (AvgIpc) is 3.64. The van der Waals surface area contributed by atoms with Crippen LogP contribution in [0, 0.1) is 0 Å². The molecule has 9 rings (SSSR count). The summed E-state index contributed by atoms with van der Waals surface area (Å²) in [5.41, 5.74) is 9.77. The minimum atomic E-state index is -0.0114. The third-order valence-electron chi connectivity index (χ3n) is 19.7. The molecule has 0 spiro atoms. The van der Waals surface area contributed by atoms with Gasteiger partial charge in [-0.05, 0) is 65.9 Å². The van der Waals surface area contributed by atoms with Crippen LogP contribution in [0.25, 0.3) is 0 Å². The van der Waals surface area contributed by atoms with Gasteiger partial charge < -0.3 is 37.9 Å². The normalized spacial score (nSPS) is 17.8. The Balaban J connectivity index is 1.19. The summed E-state index contributed by atoms with van der Waals surface area (Å²) in [5.74, 6) is 6.67. The van der Waals surface area contributed by atoms with Gasteiger partial charge in [0.05, 0.1) is 0 Å². The van der Waals surface area contributed by atoms with Crippen LogP contribution in [-0.2, 0) is 0 Å². The van der Waals surface area contributed by atoms with E-state index in [0.717, 1.165) is 102 Å². The highest BCUT2D eigenvalue weighted by molar-refractivity contribution is 9.10. The maximum absolute atomic E-state index is 6.90. The summed E-state index contributed by atoms with van der Waals surface area (Å²) in [5, 5.41) is 0. The minimum Gasteiger partial charge on any atom is -0.457 e. The van der Waals surface area contributed by atoms with Crippen molar-refractivity contribution in [1.82, 2.24) is 0 Å². The third kappa shape index (κ3) is 18.0. The first-order chi connectivity index (χ1) is 42.0. The van der Waals surface area contributed by atoms with E-state index >= 15 is 0 Å². The molecule has 4 atom stereocenters. The van der Waals surface area contributed by atoms with Gasteiger partial charge in [-0.2, -0.15) is 0 Å².